The average Bonchev–Trinajstić information content (AvgIpc) is 2.81. The fourth-order valence-electron chi connectivity index (χ4n) is 3.91. The van der Waals surface area contributed by atoms with Crippen LogP contribution in [0.5, 0.6) is 11.5 Å². The summed E-state index contributed by atoms with van der Waals surface area (Å²) in [5, 5.41) is 19.2. The maximum absolute atomic E-state index is 13.4. The SMILES string of the molecule is CS(=O)(=O)c1ccc(/C=C2/CN(C(=O)c3ccc(O)cc3)CC(c3ccc(O)cc3)C2=O)cc1. The van der Waals surface area contributed by atoms with E-state index in [1.54, 1.807) is 35.2 Å². The van der Waals surface area contributed by atoms with Crippen molar-refractivity contribution in [3.63, 3.8) is 0 Å². The van der Waals surface area contributed by atoms with E-state index in [0.29, 0.717) is 22.3 Å². The molecule has 1 heterocycles. The fraction of sp³-hybridized carbons (Fsp3) is 0.154. The van der Waals surface area contributed by atoms with Crippen molar-refractivity contribution in [1.82, 2.24) is 4.90 Å². The average molecular weight is 478 g/mol. The van der Waals surface area contributed by atoms with Crippen molar-refractivity contribution in [3.8, 4) is 11.5 Å². The lowest BCUT2D eigenvalue weighted by Crippen LogP contribution is -2.44. The molecule has 1 unspecified atom stereocenters. The summed E-state index contributed by atoms with van der Waals surface area (Å²) in [6, 6.07) is 18.4. The van der Waals surface area contributed by atoms with Gasteiger partial charge in [0.2, 0.25) is 0 Å². The standard InChI is InChI=1S/C26H23NO6S/c1-34(32,33)23-12-2-17(3-13-23)14-20-15-27(26(31)19-6-10-22(29)11-7-19)16-24(25(20)30)18-4-8-21(28)9-5-18/h2-14,24,28-29H,15-16H2,1H3/b20-14-. The van der Waals surface area contributed by atoms with E-state index in [2.05, 4.69) is 0 Å². The molecule has 1 aliphatic rings. The molecule has 0 bridgehead atoms. The van der Waals surface area contributed by atoms with E-state index in [0.717, 1.165) is 6.26 Å². The molecule has 4 rings (SSSR count). The van der Waals surface area contributed by atoms with Gasteiger partial charge in [-0.1, -0.05) is 24.3 Å². The molecule has 0 radical (unpaired) electrons. The Balaban J connectivity index is 1.71. The number of phenols is 2. The minimum atomic E-state index is -3.34. The molecule has 0 saturated carbocycles. The molecule has 0 spiro atoms. The molecule has 8 heteroatoms. The molecule has 0 aliphatic carbocycles. The van der Waals surface area contributed by atoms with E-state index in [4.69, 9.17) is 0 Å². The molecule has 1 aliphatic heterocycles. The van der Waals surface area contributed by atoms with Crippen molar-refractivity contribution in [2.24, 2.45) is 0 Å². The number of Topliss-reactive ketones (excluding diaryl/α,β-unsaturated/α-hetero) is 1. The Kier molecular flexibility index (Phi) is 6.26. The van der Waals surface area contributed by atoms with Gasteiger partial charge in [-0.05, 0) is 65.7 Å². The van der Waals surface area contributed by atoms with Gasteiger partial charge in [0.1, 0.15) is 11.5 Å². The van der Waals surface area contributed by atoms with Crippen LogP contribution in [-0.4, -0.2) is 54.6 Å². The van der Waals surface area contributed by atoms with Crippen molar-refractivity contribution in [2.45, 2.75) is 10.8 Å². The summed E-state index contributed by atoms with van der Waals surface area (Å²) in [6.07, 6.45) is 2.79. The van der Waals surface area contributed by atoms with Crippen molar-refractivity contribution >= 4 is 27.6 Å². The zero-order valence-electron chi connectivity index (χ0n) is 18.4. The highest BCUT2D eigenvalue weighted by atomic mass is 32.2. The minimum Gasteiger partial charge on any atom is -0.508 e. The van der Waals surface area contributed by atoms with Gasteiger partial charge in [0.15, 0.2) is 15.6 Å². The zero-order chi connectivity index (χ0) is 24.5. The molecular weight excluding hydrogens is 454 g/mol. The number of carbonyl (C=O) groups excluding carboxylic acids is 2. The van der Waals surface area contributed by atoms with Gasteiger partial charge in [0.05, 0.1) is 10.8 Å². The predicted molar refractivity (Wildman–Crippen MR) is 127 cm³/mol. The van der Waals surface area contributed by atoms with Crippen molar-refractivity contribution in [2.75, 3.05) is 19.3 Å². The second kappa shape index (κ2) is 9.15. The first-order chi connectivity index (χ1) is 16.1. The number of ketones is 1. The van der Waals surface area contributed by atoms with E-state index >= 15 is 0 Å². The molecule has 34 heavy (non-hydrogen) atoms. The number of phenolic OH excluding ortho intramolecular Hbond substituents is 2. The van der Waals surface area contributed by atoms with Gasteiger partial charge in [-0.15, -0.1) is 0 Å². The topological polar surface area (TPSA) is 112 Å². The Hall–Kier alpha value is -3.91. The smallest absolute Gasteiger partial charge is 0.254 e. The number of amides is 1. The molecule has 1 fully saturated rings. The highest BCUT2D eigenvalue weighted by Gasteiger charge is 2.34. The monoisotopic (exact) mass is 477 g/mol. The molecule has 2 N–H and O–H groups in total. The molecule has 1 amide bonds. The molecule has 174 valence electrons. The predicted octanol–water partition coefficient (Wildman–Crippen LogP) is 3.39. The molecular formula is C26H23NO6S. The van der Waals surface area contributed by atoms with E-state index in [9.17, 15) is 28.2 Å². The lowest BCUT2D eigenvalue weighted by Gasteiger charge is -2.34. The minimum absolute atomic E-state index is 0.0467. The van der Waals surface area contributed by atoms with E-state index in [-0.39, 0.29) is 41.2 Å². The number of hydrogen-bond acceptors (Lipinski definition) is 6. The van der Waals surface area contributed by atoms with Crippen LogP contribution in [0.3, 0.4) is 0 Å². The maximum atomic E-state index is 13.4. The number of sulfone groups is 1. The lowest BCUT2D eigenvalue weighted by atomic mass is 9.85. The highest BCUT2D eigenvalue weighted by Crippen LogP contribution is 2.30. The molecule has 1 atom stereocenters. The van der Waals surface area contributed by atoms with Gasteiger partial charge in [-0.2, -0.15) is 0 Å². The van der Waals surface area contributed by atoms with Crippen LogP contribution in [0, 0.1) is 0 Å². The summed E-state index contributed by atoms with van der Waals surface area (Å²) < 4.78 is 23.5. The van der Waals surface area contributed by atoms with Crippen molar-refractivity contribution in [1.29, 1.82) is 0 Å². The number of piperidine rings is 1. The summed E-state index contributed by atoms with van der Waals surface area (Å²) in [6.45, 7) is 0.245. The second-order valence-electron chi connectivity index (χ2n) is 8.25. The fourth-order valence-corrected chi connectivity index (χ4v) is 4.54. The maximum Gasteiger partial charge on any atom is 0.254 e. The van der Waals surface area contributed by atoms with Crippen LogP contribution in [0.1, 0.15) is 27.4 Å². The van der Waals surface area contributed by atoms with Gasteiger partial charge in [0.25, 0.3) is 5.91 Å². The Morgan fingerprint density at radius 1 is 0.912 bits per heavy atom. The van der Waals surface area contributed by atoms with E-state index in [1.807, 2.05) is 0 Å². The summed E-state index contributed by atoms with van der Waals surface area (Å²) in [7, 11) is -3.34. The molecule has 0 aromatic heterocycles. The zero-order valence-corrected chi connectivity index (χ0v) is 19.2. The van der Waals surface area contributed by atoms with Crippen LogP contribution in [0.15, 0.2) is 83.3 Å². The van der Waals surface area contributed by atoms with Crippen LogP contribution >= 0.6 is 0 Å². The summed E-state index contributed by atoms with van der Waals surface area (Å²) >= 11 is 0. The Morgan fingerprint density at radius 2 is 1.47 bits per heavy atom. The summed E-state index contributed by atoms with van der Waals surface area (Å²) in [5.74, 6) is -0.935. The second-order valence-corrected chi connectivity index (χ2v) is 10.3. The van der Waals surface area contributed by atoms with Crippen molar-refractivity contribution < 1.29 is 28.2 Å². The first-order valence-corrected chi connectivity index (χ1v) is 12.4. The molecule has 3 aromatic rings. The lowest BCUT2D eigenvalue weighted by molar-refractivity contribution is -0.118. The number of likely N-dealkylation sites (tertiary alicyclic amines) is 1. The number of nitrogens with zero attached hydrogens (tertiary/aromatic N) is 1. The van der Waals surface area contributed by atoms with E-state index < -0.39 is 15.8 Å². The van der Waals surface area contributed by atoms with Gasteiger partial charge < -0.3 is 15.1 Å². The van der Waals surface area contributed by atoms with Crippen molar-refractivity contribution in [3.05, 3.63) is 95.1 Å². The van der Waals surface area contributed by atoms with Crippen LogP contribution in [0.25, 0.3) is 6.08 Å². The Labute approximate surface area is 197 Å². The molecule has 7 nitrogen and oxygen atoms in total. The largest absolute Gasteiger partial charge is 0.508 e. The highest BCUT2D eigenvalue weighted by molar-refractivity contribution is 7.90. The Bertz CT molecular complexity index is 1360. The van der Waals surface area contributed by atoms with E-state index in [1.165, 1.54) is 48.5 Å². The number of rotatable bonds is 4. The number of carbonyl (C=O) groups is 2. The van der Waals surface area contributed by atoms with Crippen LogP contribution in [0.2, 0.25) is 0 Å². The Morgan fingerprint density at radius 3 is 2.03 bits per heavy atom. The summed E-state index contributed by atoms with van der Waals surface area (Å²) in [5.41, 5.74) is 2.10. The third kappa shape index (κ3) is 5.02. The number of hydrogen-bond donors (Lipinski definition) is 2. The van der Waals surface area contributed by atoms with Gasteiger partial charge >= 0.3 is 0 Å². The quantitative estimate of drug-likeness (QED) is 0.557. The third-order valence-corrected chi connectivity index (χ3v) is 6.87. The van der Waals surface area contributed by atoms with Crippen LogP contribution in [-0.2, 0) is 14.6 Å². The normalized spacial score (nSPS) is 17.7. The molecule has 1 saturated heterocycles. The van der Waals surface area contributed by atoms with Crippen LogP contribution < -0.4 is 0 Å². The van der Waals surface area contributed by atoms with Gasteiger partial charge in [0, 0.05) is 30.5 Å². The first-order valence-electron chi connectivity index (χ1n) is 10.5. The number of benzene rings is 3. The number of aromatic hydroxyl groups is 2. The van der Waals surface area contributed by atoms with Gasteiger partial charge in [-0.25, -0.2) is 8.42 Å². The van der Waals surface area contributed by atoms with Crippen LogP contribution in [0.4, 0.5) is 0 Å². The first kappa shape index (κ1) is 23.3. The van der Waals surface area contributed by atoms with Gasteiger partial charge in [-0.3, -0.25) is 9.59 Å². The third-order valence-electron chi connectivity index (χ3n) is 5.74. The summed E-state index contributed by atoms with van der Waals surface area (Å²) in [4.78, 5) is 28.3. The molecule has 3 aromatic carbocycles.